The SMILES string of the molecule is Cc1cccc(-c2ccccc2)c1C(=O)P.[Li][CH2]C. The zero-order valence-electron chi connectivity index (χ0n) is 11.8. The molecular weight excluding hydrogens is 246 g/mol. The molecule has 0 N–H and O–H groups in total. The average molecular weight is 264 g/mol. The molecule has 0 aliphatic heterocycles. The number of carbonyl (C=O) groups excluding carboxylic acids is 1. The Morgan fingerprint density at radius 3 is 2.21 bits per heavy atom. The van der Waals surface area contributed by atoms with Crippen molar-refractivity contribution in [3.63, 3.8) is 0 Å². The summed E-state index contributed by atoms with van der Waals surface area (Å²) < 4.78 is 0. The van der Waals surface area contributed by atoms with Crippen LogP contribution in [0.3, 0.4) is 0 Å². The normalized spacial score (nSPS) is 9.53. The molecule has 0 saturated carbocycles. The van der Waals surface area contributed by atoms with Crippen LogP contribution in [0.15, 0.2) is 48.5 Å². The Morgan fingerprint density at radius 2 is 1.68 bits per heavy atom. The third kappa shape index (κ3) is 4.63. The topological polar surface area (TPSA) is 17.1 Å². The second-order valence-electron chi connectivity index (χ2n) is 4.43. The van der Waals surface area contributed by atoms with Crippen molar-refractivity contribution in [2.75, 3.05) is 0 Å². The average Bonchev–Trinajstić information content (AvgIpc) is 2.40. The van der Waals surface area contributed by atoms with Gasteiger partial charge in [-0.3, -0.25) is 4.79 Å². The molecule has 0 aliphatic carbocycles. The maximum atomic E-state index is 11.6. The van der Waals surface area contributed by atoms with Crippen LogP contribution >= 0.6 is 9.24 Å². The van der Waals surface area contributed by atoms with Crippen LogP contribution in [0.25, 0.3) is 11.1 Å². The predicted octanol–water partition coefficient (Wildman–Crippen LogP) is 4.27. The zero-order valence-corrected chi connectivity index (χ0v) is 13.0. The van der Waals surface area contributed by atoms with E-state index in [-0.39, 0.29) is 5.52 Å². The molecule has 0 amide bonds. The molecular formula is C16H18LiOP. The molecule has 2 aromatic rings. The zero-order chi connectivity index (χ0) is 14.3. The van der Waals surface area contributed by atoms with Crippen molar-refractivity contribution in [2.24, 2.45) is 0 Å². The van der Waals surface area contributed by atoms with Gasteiger partial charge in [0.05, 0.1) is 0 Å². The predicted molar refractivity (Wildman–Crippen MR) is 86.9 cm³/mol. The number of aryl methyl sites for hydroxylation is 1. The van der Waals surface area contributed by atoms with E-state index < -0.39 is 0 Å². The number of carbonyl (C=O) groups is 1. The van der Waals surface area contributed by atoms with E-state index in [2.05, 4.69) is 33.9 Å². The molecule has 94 valence electrons. The van der Waals surface area contributed by atoms with Crippen LogP contribution in [0.4, 0.5) is 0 Å². The minimum absolute atomic E-state index is 0.0388. The summed E-state index contributed by atoms with van der Waals surface area (Å²) in [6.07, 6.45) is 0. The van der Waals surface area contributed by atoms with Crippen LogP contribution in [0.1, 0.15) is 22.8 Å². The van der Waals surface area contributed by atoms with Crippen LogP contribution in [0.2, 0.25) is 5.09 Å². The Kier molecular flexibility index (Phi) is 7.10. The molecule has 0 radical (unpaired) electrons. The molecule has 1 nitrogen and oxygen atoms in total. The standard InChI is InChI=1S/C14H13OP.C2H5.Li/c1-10-6-5-9-12(13(10)14(15)16)11-7-3-2-4-8-11;1-2;/h2-9H,16H2,1H3;1H2,2H3;. The maximum absolute atomic E-state index is 11.6. The van der Waals surface area contributed by atoms with E-state index >= 15 is 0 Å². The molecule has 19 heavy (non-hydrogen) atoms. The molecule has 0 saturated heterocycles. The molecule has 3 heteroatoms. The summed E-state index contributed by atoms with van der Waals surface area (Å²) >= 11 is 2.12. The van der Waals surface area contributed by atoms with Crippen LogP contribution in [-0.2, 0) is 0 Å². The van der Waals surface area contributed by atoms with Crippen molar-refractivity contribution in [3.8, 4) is 11.1 Å². The van der Waals surface area contributed by atoms with E-state index in [9.17, 15) is 4.79 Å². The first-order valence-corrected chi connectivity index (χ1v) is 7.14. The van der Waals surface area contributed by atoms with E-state index in [0.717, 1.165) is 22.3 Å². The van der Waals surface area contributed by atoms with Crippen LogP contribution in [-0.4, -0.2) is 23.2 Å². The third-order valence-corrected chi connectivity index (χ3v) is 2.89. The van der Waals surface area contributed by atoms with Crippen LogP contribution < -0.4 is 0 Å². The van der Waals surface area contributed by atoms with Crippen molar-refractivity contribution >= 4 is 32.5 Å². The van der Waals surface area contributed by atoms with Gasteiger partial charge in [-0.1, -0.05) is 57.8 Å². The first-order chi connectivity index (χ1) is 9.11. The van der Waals surface area contributed by atoms with Gasteiger partial charge in [0, 0.05) is 5.56 Å². The van der Waals surface area contributed by atoms with Gasteiger partial charge in [0.2, 0.25) is 0 Å². The van der Waals surface area contributed by atoms with Gasteiger partial charge in [-0.15, -0.1) is 0 Å². The van der Waals surface area contributed by atoms with E-state index in [1.807, 2.05) is 55.5 Å². The summed E-state index contributed by atoms with van der Waals surface area (Å²) in [5, 5.41) is 1.25. The summed E-state index contributed by atoms with van der Waals surface area (Å²) in [4.78, 5) is 11.6. The molecule has 0 aromatic heterocycles. The molecule has 2 rings (SSSR count). The Hall–Kier alpha value is -0.863. The molecule has 0 spiro atoms. The van der Waals surface area contributed by atoms with Crippen molar-refractivity contribution in [3.05, 3.63) is 59.7 Å². The second kappa shape index (κ2) is 8.34. The summed E-state index contributed by atoms with van der Waals surface area (Å²) in [7, 11) is 2.25. The number of rotatable bonds is 2. The molecule has 2 aromatic carbocycles. The number of hydrogen-bond acceptors (Lipinski definition) is 1. The molecule has 0 fully saturated rings. The molecule has 0 aliphatic rings. The van der Waals surface area contributed by atoms with Gasteiger partial charge in [0.15, 0.2) is 5.52 Å². The van der Waals surface area contributed by atoms with E-state index in [4.69, 9.17) is 0 Å². The summed E-state index contributed by atoms with van der Waals surface area (Å²) in [5.41, 5.74) is 3.93. The van der Waals surface area contributed by atoms with Crippen molar-refractivity contribution in [2.45, 2.75) is 18.9 Å². The molecule has 1 unspecified atom stereocenters. The van der Waals surface area contributed by atoms with Crippen molar-refractivity contribution in [1.29, 1.82) is 0 Å². The van der Waals surface area contributed by atoms with E-state index in [1.54, 1.807) is 0 Å². The van der Waals surface area contributed by atoms with Gasteiger partial charge < -0.3 is 0 Å². The Morgan fingerprint density at radius 1 is 1.11 bits per heavy atom. The molecule has 1 atom stereocenters. The van der Waals surface area contributed by atoms with E-state index in [0.29, 0.717) is 0 Å². The van der Waals surface area contributed by atoms with E-state index in [1.165, 1.54) is 5.09 Å². The fourth-order valence-electron chi connectivity index (χ4n) is 1.85. The monoisotopic (exact) mass is 264 g/mol. The van der Waals surface area contributed by atoms with Gasteiger partial charge in [-0.25, -0.2) is 0 Å². The Bertz CT molecular complexity index is 538. The molecule has 0 heterocycles. The Balaban J connectivity index is 0.000000550. The van der Waals surface area contributed by atoms with Gasteiger partial charge in [0.25, 0.3) is 0 Å². The van der Waals surface area contributed by atoms with Crippen LogP contribution in [0.5, 0.6) is 0 Å². The van der Waals surface area contributed by atoms with Crippen LogP contribution in [0, 0.1) is 6.92 Å². The first kappa shape index (κ1) is 16.2. The van der Waals surface area contributed by atoms with Gasteiger partial charge in [-0.2, -0.15) is 0 Å². The summed E-state index contributed by atoms with van der Waals surface area (Å²) in [6.45, 7) is 4.09. The Labute approximate surface area is 127 Å². The summed E-state index contributed by atoms with van der Waals surface area (Å²) in [6, 6.07) is 15.9. The quantitative estimate of drug-likeness (QED) is 0.584. The van der Waals surface area contributed by atoms with Crippen molar-refractivity contribution in [1.82, 2.24) is 0 Å². The number of hydrogen-bond donors (Lipinski definition) is 0. The van der Waals surface area contributed by atoms with Crippen molar-refractivity contribution < 1.29 is 4.79 Å². The fourth-order valence-corrected chi connectivity index (χ4v) is 2.24. The third-order valence-electron chi connectivity index (χ3n) is 2.60. The fraction of sp³-hybridized carbons (Fsp3) is 0.188. The number of benzene rings is 2. The van der Waals surface area contributed by atoms with Gasteiger partial charge in [-0.05, 0) is 23.6 Å². The molecule has 0 bridgehead atoms. The first-order valence-electron chi connectivity index (χ1n) is 6.56. The summed E-state index contributed by atoms with van der Waals surface area (Å²) in [5.74, 6) is 0. The van der Waals surface area contributed by atoms with Gasteiger partial charge in [0.1, 0.15) is 0 Å². The second-order valence-corrected chi connectivity index (χ2v) is 4.96. The minimum atomic E-state index is 0.0388. The van der Waals surface area contributed by atoms with Gasteiger partial charge >= 0.3 is 29.7 Å².